The normalized spacial score (nSPS) is 30.9. The molecular formula is C12H22F3NO. The van der Waals surface area contributed by atoms with Crippen molar-refractivity contribution in [3.05, 3.63) is 0 Å². The third-order valence-electron chi connectivity index (χ3n) is 3.29. The van der Waals surface area contributed by atoms with E-state index in [0.29, 0.717) is 18.8 Å². The number of hydrogen-bond acceptors (Lipinski definition) is 2. The zero-order valence-electron chi connectivity index (χ0n) is 10.5. The Bertz CT molecular complexity index is 242. The van der Waals surface area contributed by atoms with Crippen molar-refractivity contribution in [2.45, 2.75) is 51.3 Å². The summed E-state index contributed by atoms with van der Waals surface area (Å²) in [6.07, 6.45) is -3.28. The lowest BCUT2D eigenvalue weighted by Crippen LogP contribution is -2.47. The molecule has 1 rings (SSSR count). The quantitative estimate of drug-likeness (QED) is 0.807. The number of nitrogens with one attached hydrogen (secondary N) is 1. The summed E-state index contributed by atoms with van der Waals surface area (Å²) in [5.41, 5.74) is -1.19. The van der Waals surface area contributed by atoms with Gasteiger partial charge in [-0.3, -0.25) is 0 Å². The van der Waals surface area contributed by atoms with Gasteiger partial charge in [0.1, 0.15) is 0 Å². The summed E-state index contributed by atoms with van der Waals surface area (Å²) in [5, 5.41) is 13.2. The van der Waals surface area contributed by atoms with Gasteiger partial charge in [0.05, 0.1) is 11.5 Å². The van der Waals surface area contributed by atoms with Crippen molar-refractivity contribution in [1.82, 2.24) is 5.32 Å². The van der Waals surface area contributed by atoms with Crippen LogP contribution in [0.15, 0.2) is 0 Å². The minimum atomic E-state index is -4.17. The minimum Gasteiger partial charge on any atom is -0.389 e. The summed E-state index contributed by atoms with van der Waals surface area (Å²) in [5.74, 6) is -0.914. The molecule has 2 atom stereocenters. The zero-order chi connectivity index (χ0) is 13.1. The molecule has 0 amide bonds. The van der Waals surface area contributed by atoms with E-state index in [1.165, 1.54) is 0 Å². The number of alkyl halides is 3. The molecule has 0 aliphatic heterocycles. The van der Waals surface area contributed by atoms with E-state index in [-0.39, 0.29) is 19.4 Å². The lowest BCUT2D eigenvalue weighted by molar-refractivity contribution is -0.200. The Kier molecular flexibility index (Phi) is 4.84. The second-order valence-corrected chi connectivity index (χ2v) is 5.58. The van der Waals surface area contributed by atoms with Crippen molar-refractivity contribution in [2.75, 3.05) is 13.1 Å². The van der Waals surface area contributed by atoms with E-state index in [9.17, 15) is 18.3 Å². The van der Waals surface area contributed by atoms with Crippen LogP contribution in [0.1, 0.15) is 39.5 Å². The van der Waals surface area contributed by atoms with E-state index in [2.05, 4.69) is 5.32 Å². The fourth-order valence-electron chi connectivity index (χ4n) is 2.37. The summed E-state index contributed by atoms with van der Waals surface area (Å²) < 4.78 is 37.8. The van der Waals surface area contributed by atoms with Crippen LogP contribution in [0.5, 0.6) is 0 Å². The molecule has 1 saturated carbocycles. The third kappa shape index (κ3) is 4.84. The first-order valence-electron chi connectivity index (χ1n) is 6.23. The third-order valence-corrected chi connectivity index (χ3v) is 3.29. The number of rotatable bonds is 4. The summed E-state index contributed by atoms with van der Waals surface area (Å²) >= 11 is 0. The van der Waals surface area contributed by atoms with Gasteiger partial charge in [-0.25, -0.2) is 0 Å². The molecule has 0 saturated heterocycles. The smallest absolute Gasteiger partial charge is 0.389 e. The van der Waals surface area contributed by atoms with Crippen molar-refractivity contribution >= 4 is 0 Å². The Balaban J connectivity index is 2.46. The molecule has 17 heavy (non-hydrogen) atoms. The van der Waals surface area contributed by atoms with Crippen LogP contribution >= 0.6 is 0 Å². The molecule has 0 aromatic heterocycles. The van der Waals surface area contributed by atoms with Crippen LogP contribution in [-0.2, 0) is 0 Å². The molecule has 1 fully saturated rings. The molecule has 0 aromatic carbocycles. The maximum Gasteiger partial charge on any atom is 0.391 e. The second-order valence-electron chi connectivity index (χ2n) is 5.58. The molecule has 0 unspecified atom stereocenters. The lowest BCUT2D eigenvalue weighted by atomic mass is 9.77. The van der Waals surface area contributed by atoms with Crippen molar-refractivity contribution in [3.63, 3.8) is 0 Å². The first-order chi connectivity index (χ1) is 7.73. The molecule has 2 N–H and O–H groups in total. The van der Waals surface area contributed by atoms with Gasteiger partial charge in [0.25, 0.3) is 0 Å². The van der Waals surface area contributed by atoms with Gasteiger partial charge in [0.15, 0.2) is 0 Å². The molecule has 0 spiro atoms. The van der Waals surface area contributed by atoms with Crippen molar-refractivity contribution in [1.29, 1.82) is 0 Å². The Morgan fingerprint density at radius 3 is 2.59 bits per heavy atom. The van der Waals surface area contributed by atoms with Crippen LogP contribution < -0.4 is 5.32 Å². The topological polar surface area (TPSA) is 32.3 Å². The summed E-state index contributed by atoms with van der Waals surface area (Å²) in [6, 6.07) is 0. The number of aliphatic hydroxyl groups is 1. The molecule has 2 nitrogen and oxygen atoms in total. The standard InChI is InChI=1S/C12H22F3NO/c1-9(2)7-16-8-11(17)5-3-4-10(6-11)12(13,14)15/h9-10,16-17H,3-8H2,1-2H3/t10-,11-/m1/s1. The van der Waals surface area contributed by atoms with Crippen LogP contribution in [0, 0.1) is 11.8 Å². The Morgan fingerprint density at radius 1 is 1.41 bits per heavy atom. The van der Waals surface area contributed by atoms with Crippen molar-refractivity contribution in [3.8, 4) is 0 Å². The molecule has 1 aliphatic carbocycles. The molecule has 0 heterocycles. The van der Waals surface area contributed by atoms with E-state index in [4.69, 9.17) is 0 Å². The molecule has 0 bridgehead atoms. The molecule has 1 aliphatic rings. The van der Waals surface area contributed by atoms with Crippen LogP contribution in [0.3, 0.4) is 0 Å². The van der Waals surface area contributed by atoms with Gasteiger partial charge < -0.3 is 10.4 Å². The van der Waals surface area contributed by atoms with Gasteiger partial charge in [0.2, 0.25) is 0 Å². The molecule has 5 heteroatoms. The second kappa shape index (κ2) is 5.57. The Labute approximate surface area is 101 Å². The first-order valence-corrected chi connectivity index (χ1v) is 6.23. The van der Waals surface area contributed by atoms with Gasteiger partial charge in [0, 0.05) is 6.54 Å². The summed E-state index contributed by atoms with van der Waals surface area (Å²) in [7, 11) is 0. The average molecular weight is 253 g/mol. The van der Waals surface area contributed by atoms with Gasteiger partial charge in [-0.2, -0.15) is 13.2 Å². The fraction of sp³-hybridized carbons (Fsp3) is 1.00. The Hall–Kier alpha value is -0.290. The van der Waals surface area contributed by atoms with Crippen LogP contribution in [0.25, 0.3) is 0 Å². The molecule has 0 aromatic rings. The number of halogens is 3. The monoisotopic (exact) mass is 253 g/mol. The van der Waals surface area contributed by atoms with Crippen molar-refractivity contribution in [2.24, 2.45) is 11.8 Å². The SMILES string of the molecule is CC(C)CNC[C@@]1(O)CCC[C@@H](C(F)(F)F)C1. The Morgan fingerprint density at radius 2 is 2.06 bits per heavy atom. The van der Waals surface area contributed by atoms with E-state index < -0.39 is 17.7 Å². The summed E-state index contributed by atoms with van der Waals surface area (Å²) in [4.78, 5) is 0. The van der Waals surface area contributed by atoms with E-state index in [1.807, 2.05) is 13.8 Å². The van der Waals surface area contributed by atoms with Gasteiger partial charge in [-0.1, -0.05) is 13.8 Å². The average Bonchev–Trinajstić information content (AvgIpc) is 2.15. The highest BCUT2D eigenvalue weighted by atomic mass is 19.4. The van der Waals surface area contributed by atoms with E-state index in [0.717, 1.165) is 6.54 Å². The maximum atomic E-state index is 12.6. The number of hydrogen-bond donors (Lipinski definition) is 2. The highest BCUT2D eigenvalue weighted by molar-refractivity contribution is 4.90. The minimum absolute atomic E-state index is 0.149. The highest BCUT2D eigenvalue weighted by Crippen LogP contribution is 2.41. The molecular weight excluding hydrogens is 231 g/mol. The molecule has 0 radical (unpaired) electrons. The van der Waals surface area contributed by atoms with Crippen LogP contribution in [0.2, 0.25) is 0 Å². The van der Waals surface area contributed by atoms with E-state index in [1.54, 1.807) is 0 Å². The lowest BCUT2D eigenvalue weighted by Gasteiger charge is -2.37. The predicted octanol–water partition coefficient (Wildman–Crippen LogP) is 2.72. The zero-order valence-corrected chi connectivity index (χ0v) is 10.5. The van der Waals surface area contributed by atoms with Gasteiger partial charge in [-0.15, -0.1) is 0 Å². The van der Waals surface area contributed by atoms with E-state index >= 15 is 0 Å². The van der Waals surface area contributed by atoms with Gasteiger partial charge >= 0.3 is 6.18 Å². The maximum absolute atomic E-state index is 12.6. The van der Waals surface area contributed by atoms with Crippen LogP contribution in [-0.4, -0.2) is 30.0 Å². The molecule has 102 valence electrons. The van der Waals surface area contributed by atoms with Crippen LogP contribution in [0.4, 0.5) is 13.2 Å². The predicted molar refractivity (Wildman–Crippen MR) is 60.7 cm³/mol. The van der Waals surface area contributed by atoms with Crippen molar-refractivity contribution < 1.29 is 18.3 Å². The first kappa shape index (κ1) is 14.8. The highest BCUT2D eigenvalue weighted by Gasteiger charge is 2.46. The van der Waals surface area contributed by atoms with Gasteiger partial charge in [-0.05, 0) is 38.1 Å². The largest absolute Gasteiger partial charge is 0.391 e. The fourth-order valence-corrected chi connectivity index (χ4v) is 2.37. The summed E-state index contributed by atoms with van der Waals surface area (Å²) in [6.45, 7) is 5.03.